The summed E-state index contributed by atoms with van der Waals surface area (Å²) >= 11 is 0. The first kappa shape index (κ1) is 14.5. The molecule has 0 bridgehead atoms. The maximum absolute atomic E-state index is 6.02. The fraction of sp³-hybridized carbons (Fsp3) is 0.625. The van der Waals surface area contributed by atoms with Crippen molar-refractivity contribution in [3.63, 3.8) is 0 Å². The third kappa shape index (κ3) is 3.56. The first-order valence-electron chi connectivity index (χ1n) is 7.36. The van der Waals surface area contributed by atoms with E-state index in [-0.39, 0.29) is 0 Å². The van der Waals surface area contributed by atoms with Crippen molar-refractivity contribution >= 4 is 0 Å². The van der Waals surface area contributed by atoms with Gasteiger partial charge in [0.1, 0.15) is 0 Å². The maximum Gasteiger partial charge on any atom is 0.0702 e. The van der Waals surface area contributed by atoms with Crippen molar-refractivity contribution in [1.82, 2.24) is 4.90 Å². The molecule has 2 unspecified atom stereocenters. The lowest BCUT2D eigenvalue weighted by Crippen LogP contribution is -2.36. The predicted molar refractivity (Wildman–Crippen MR) is 79.2 cm³/mol. The number of hydrogen-bond donors (Lipinski definition) is 1. The first-order valence-corrected chi connectivity index (χ1v) is 7.36. The normalized spacial score (nSPS) is 20.9. The molecule has 1 saturated heterocycles. The summed E-state index contributed by atoms with van der Waals surface area (Å²) in [7, 11) is 2.16. The van der Waals surface area contributed by atoms with Gasteiger partial charge in [-0.2, -0.15) is 0 Å². The lowest BCUT2D eigenvalue weighted by Gasteiger charge is -2.30. The van der Waals surface area contributed by atoms with Crippen LogP contribution < -0.4 is 5.73 Å². The third-order valence-electron chi connectivity index (χ3n) is 4.07. The zero-order chi connectivity index (χ0) is 13.7. The molecule has 0 aliphatic carbocycles. The van der Waals surface area contributed by atoms with E-state index in [4.69, 9.17) is 10.5 Å². The predicted octanol–water partition coefficient (Wildman–Crippen LogP) is 2.36. The van der Waals surface area contributed by atoms with Gasteiger partial charge in [0, 0.05) is 25.7 Å². The molecule has 0 radical (unpaired) electrons. The number of aryl methyl sites for hydroxylation is 1. The van der Waals surface area contributed by atoms with Crippen LogP contribution >= 0.6 is 0 Å². The van der Waals surface area contributed by atoms with E-state index in [1.54, 1.807) is 0 Å². The Hall–Kier alpha value is -0.900. The molecule has 0 aromatic heterocycles. The van der Waals surface area contributed by atoms with Crippen molar-refractivity contribution in [2.45, 2.75) is 38.3 Å². The highest BCUT2D eigenvalue weighted by atomic mass is 16.5. The van der Waals surface area contributed by atoms with E-state index in [0.717, 1.165) is 19.6 Å². The molecule has 19 heavy (non-hydrogen) atoms. The molecule has 0 amide bonds. The summed E-state index contributed by atoms with van der Waals surface area (Å²) in [4.78, 5) is 2.35. The summed E-state index contributed by atoms with van der Waals surface area (Å²) in [5.41, 5.74) is 8.79. The summed E-state index contributed by atoms with van der Waals surface area (Å²) in [5, 5.41) is 0. The first-order chi connectivity index (χ1) is 9.26. The van der Waals surface area contributed by atoms with Crippen LogP contribution in [-0.4, -0.2) is 37.7 Å². The van der Waals surface area contributed by atoms with Gasteiger partial charge >= 0.3 is 0 Å². The molecule has 1 aliphatic rings. The van der Waals surface area contributed by atoms with Crippen molar-refractivity contribution in [3.05, 3.63) is 35.4 Å². The van der Waals surface area contributed by atoms with Crippen molar-refractivity contribution in [2.24, 2.45) is 5.73 Å². The van der Waals surface area contributed by atoms with E-state index < -0.39 is 0 Å². The Morgan fingerprint density at radius 2 is 2.21 bits per heavy atom. The van der Waals surface area contributed by atoms with Crippen LogP contribution in [0, 0.1) is 0 Å². The molecule has 1 aliphatic heterocycles. The average molecular weight is 262 g/mol. The average Bonchev–Trinajstić information content (AvgIpc) is 2.93. The number of nitrogens with two attached hydrogens (primary N) is 1. The molecule has 0 saturated carbocycles. The van der Waals surface area contributed by atoms with Crippen molar-refractivity contribution in [2.75, 3.05) is 26.7 Å². The summed E-state index contributed by atoms with van der Waals surface area (Å²) in [6.45, 7) is 4.74. The van der Waals surface area contributed by atoms with Crippen LogP contribution in [0.15, 0.2) is 24.3 Å². The summed E-state index contributed by atoms with van der Waals surface area (Å²) < 4.78 is 5.73. The summed E-state index contributed by atoms with van der Waals surface area (Å²) in [6, 6.07) is 8.92. The molecule has 1 aromatic carbocycles. The molecule has 0 spiro atoms. The Kier molecular flexibility index (Phi) is 5.37. The Labute approximate surface area is 116 Å². The SMILES string of the molecule is CCc1ccccc1C(CN)N(C)CC1CCCO1. The smallest absolute Gasteiger partial charge is 0.0702 e. The highest BCUT2D eigenvalue weighted by Gasteiger charge is 2.23. The van der Waals surface area contributed by atoms with E-state index in [2.05, 4.69) is 43.1 Å². The molecule has 1 heterocycles. The highest BCUT2D eigenvalue weighted by Crippen LogP contribution is 2.24. The Morgan fingerprint density at radius 3 is 2.84 bits per heavy atom. The highest BCUT2D eigenvalue weighted by molar-refractivity contribution is 5.30. The summed E-state index contributed by atoms with van der Waals surface area (Å²) in [6.07, 6.45) is 3.81. The zero-order valence-corrected chi connectivity index (χ0v) is 12.1. The lowest BCUT2D eigenvalue weighted by atomic mass is 9.97. The van der Waals surface area contributed by atoms with Gasteiger partial charge in [-0.3, -0.25) is 4.90 Å². The minimum atomic E-state index is 0.292. The van der Waals surface area contributed by atoms with Gasteiger partial charge < -0.3 is 10.5 Å². The van der Waals surface area contributed by atoms with Crippen molar-refractivity contribution < 1.29 is 4.74 Å². The fourth-order valence-corrected chi connectivity index (χ4v) is 2.96. The van der Waals surface area contributed by atoms with E-state index in [0.29, 0.717) is 18.7 Å². The largest absolute Gasteiger partial charge is 0.377 e. The number of nitrogens with zero attached hydrogens (tertiary/aromatic N) is 1. The van der Waals surface area contributed by atoms with Crippen LogP contribution in [0.3, 0.4) is 0 Å². The van der Waals surface area contributed by atoms with Gasteiger partial charge in [0.05, 0.1) is 6.10 Å². The Morgan fingerprint density at radius 1 is 1.42 bits per heavy atom. The van der Waals surface area contributed by atoms with Crippen molar-refractivity contribution in [1.29, 1.82) is 0 Å². The number of rotatable bonds is 6. The van der Waals surface area contributed by atoms with Gasteiger partial charge in [0.15, 0.2) is 0 Å². The molecule has 2 atom stereocenters. The maximum atomic E-state index is 6.02. The van der Waals surface area contributed by atoms with Gasteiger partial charge in [0.25, 0.3) is 0 Å². The number of hydrogen-bond acceptors (Lipinski definition) is 3. The van der Waals surface area contributed by atoms with Crippen LogP contribution in [0.4, 0.5) is 0 Å². The van der Waals surface area contributed by atoms with Crippen LogP contribution in [-0.2, 0) is 11.2 Å². The molecule has 1 aromatic rings. The number of benzene rings is 1. The fourth-order valence-electron chi connectivity index (χ4n) is 2.96. The van der Waals surface area contributed by atoms with Gasteiger partial charge in [0.2, 0.25) is 0 Å². The van der Waals surface area contributed by atoms with E-state index in [9.17, 15) is 0 Å². The van der Waals surface area contributed by atoms with Crippen LogP contribution in [0.2, 0.25) is 0 Å². The van der Waals surface area contributed by atoms with Gasteiger partial charge in [-0.25, -0.2) is 0 Å². The van der Waals surface area contributed by atoms with Crippen LogP contribution in [0.25, 0.3) is 0 Å². The second-order valence-electron chi connectivity index (χ2n) is 5.38. The molecular formula is C16H26N2O. The Balaban J connectivity index is 2.09. The molecule has 3 nitrogen and oxygen atoms in total. The molecular weight excluding hydrogens is 236 g/mol. The quantitative estimate of drug-likeness (QED) is 0.855. The van der Waals surface area contributed by atoms with Gasteiger partial charge in [-0.1, -0.05) is 31.2 Å². The molecule has 2 rings (SSSR count). The molecule has 106 valence electrons. The summed E-state index contributed by atoms with van der Waals surface area (Å²) in [5.74, 6) is 0. The van der Waals surface area contributed by atoms with Gasteiger partial charge in [-0.15, -0.1) is 0 Å². The van der Waals surface area contributed by atoms with E-state index in [1.807, 2.05) is 0 Å². The zero-order valence-electron chi connectivity index (χ0n) is 12.1. The Bertz CT molecular complexity index is 388. The van der Waals surface area contributed by atoms with E-state index in [1.165, 1.54) is 24.0 Å². The standard InChI is InChI=1S/C16H26N2O/c1-3-13-7-4-5-9-15(13)16(11-17)18(2)12-14-8-6-10-19-14/h4-5,7,9,14,16H,3,6,8,10-12,17H2,1-2H3. The monoisotopic (exact) mass is 262 g/mol. The molecule has 1 fully saturated rings. The third-order valence-corrected chi connectivity index (χ3v) is 4.07. The van der Waals surface area contributed by atoms with Crippen molar-refractivity contribution in [3.8, 4) is 0 Å². The minimum Gasteiger partial charge on any atom is -0.377 e. The topological polar surface area (TPSA) is 38.5 Å². The van der Waals surface area contributed by atoms with Crippen LogP contribution in [0.5, 0.6) is 0 Å². The van der Waals surface area contributed by atoms with Crippen LogP contribution in [0.1, 0.15) is 36.9 Å². The number of likely N-dealkylation sites (N-methyl/N-ethyl adjacent to an activating group) is 1. The van der Waals surface area contributed by atoms with Gasteiger partial charge in [-0.05, 0) is 37.4 Å². The molecule has 3 heteroatoms. The van der Waals surface area contributed by atoms with E-state index >= 15 is 0 Å². The minimum absolute atomic E-state index is 0.292. The second kappa shape index (κ2) is 7.04. The number of ether oxygens (including phenoxy) is 1. The lowest BCUT2D eigenvalue weighted by molar-refractivity contribution is 0.0688. The second-order valence-corrected chi connectivity index (χ2v) is 5.38. The molecule has 2 N–H and O–H groups in total.